The molecule has 3 aromatic rings. The minimum Gasteiger partial charge on any atom is -0.496 e. The van der Waals surface area contributed by atoms with Gasteiger partial charge in [0.1, 0.15) is 16.3 Å². The van der Waals surface area contributed by atoms with Gasteiger partial charge in [0.15, 0.2) is 0 Å². The Morgan fingerprint density at radius 1 is 1.14 bits per heavy atom. The lowest BCUT2D eigenvalue weighted by atomic mass is 10.1. The number of ether oxygens (including phenoxy) is 1. The zero-order valence-electron chi connectivity index (χ0n) is 17.1. The van der Waals surface area contributed by atoms with Crippen molar-refractivity contribution < 1.29 is 4.74 Å². The van der Waals surface area contributed by atoms with Crippen molar-refractivity contribution in [3.05, 3.63) is 58.1 Å². The summed E-state index contributed by atoms with van der Waals surface area (Å²) in [5.74, 6) is 0.905. The van der Waals surface area contributed by atoms with E-state index in [1.165, 1.54) is 11.3 Å². The van der Waals surface area contributed by atoms with Gasteiger partial charge in [-0.3, -0.25) is 0 Å². The molecule has 1 unspecified atom stereocenters. The summed E-state index contributed by atoms with van der Waals surface area (Å²) in [6.45, 7) is 7.02. The van der Waals surface area contributed by atoms with Crippen molar-refractivity contribution in [1.29, 1.82) is 0 Å². The van der Waals surface area contributed by atoms with Crippen LogP contribution in [0.2, 0.25) is 5.02 Å². The normalized spacial score (nSPS) is 12.1. The van der Waals surface area contributed by atoms with Crippen molar-refractivity contribution in [1.82, 2.24) is 10.2 Å². The van der Waals surface area contributed by atoms with Gasteiger partial charge >= 0.3 is 0 Å². The van der Waals surface area contributed by atoms with E-state index in [-0.39, 0.29) is 0 Å². The molecule has 0 amide bonds. The molecular formula is C22H25Cl2N3OS. The molecule has 0 radical (unpaired) electrons. The van der Waals surface area contributed by atoms with Crippen molar-refractivity contribution in [2.24, 2.45) is 0 Å². The first kappa shape index (κ1) is 21.9. The second-order valence-electron chi connectivity index (χ2n) is 6.94. The Morgan fingerprint density at radius 3 is 2.45 bits per heavy atom. The Morgan fingerprint density at radius 2 is 1.83 bits per heavy atom. The van der Waals surface area contributed by atoms with E-state index < -0.39 is 5.50 Å². The average Bonchev–Trinajstić information content (AvgIpc) is 3.18. The fourth-order valence-corrected chi connectivity index (χ4v) is 4.93. The molecule has 1 aromatic heterocycles. The van der Waals surface area contributed by atoms with E-state index in [0.29, 0.717) is 5.02 Å². The molecule has 0 fully saturated rings. The molecule has 0 saturated heterocycles. The molecule has 0 bridgehead atoms. The van der Waals surface area contributed by atoms with E-state index in [0.717, 1.165) is 57.5 Å². The molecule has 0 spiro atoms. The SMILES string of the molecule is CCCCN(c1nnc(-c2cc(C)c(OC)c(C)c2)s1)C(Cl)c1ccccc1Cl. The van der Waals surface area contributed by atoms with Crippen LogP contribution in [0.1, 0.15) is 42.0 Å². The largest absolute Gasteiger partial charge is 0.496 e. The van der Waals surface area contributed by atoms with Gasteiger partial charge in [0.05, 0.1) is 7.11 Å². The van der Waals surface area contributed by atoms with Gasteiger partial charge < -0.3 is 9.64 Å². The number of benzene rings is 2. The lowest BCUT2D eigenvalue weighted by Crippen LogP contribution is -2.26. The zero-order valence-corrected chi connectivity index (χ0v) is 19.4. The van der Waals surface area contributed by atoms with Crippen molar-refractivity contribution >= 4 is 39.7 Å². The van der Waals surface area contributed by atoms with Gasteiger partial charge in [0.2, 0.25) is 5.13 Å². The summed E-state index contributed by atoms with van der Waals surface area (Å²) in [7, 11) is 1.69. The number of methoxy groups -OCH3 is 1. The first-order valence-electron chi connectivity index (χ1n) is 9.60. The standard InChI is InChI=1S/C22H25Cl2N3OS/c1-5-6-11-27(20(24)17-9-7-8-10-18(17)23)22-26-25-21(29-22)16-12-14(2)19(28-4)15(3)13-16/h7-10,12-13,20H,5-6,11H2,1-4H3. The molecule has 154 valence electrons. The van der Waals surface area contributed by atoms with Crippen LogP contribution in [-0.4, -0.2) is 23.9 Å². The number of hydrogen-bond acceptors (Lipinski definition) is 5. The molecule has 0 aliphatic heterocycles. The van der Waals surface area contributed by atoms with E-state index in [2.05, 4.69) is 34.2 Å². The Bertz CT molecular complexity index is 953. The van der Waals surface area contributed by atoms with E-state index >= 15 is 0 Å². The molecule has 1 heterocycles. The first-order valence-corrected chi connectivity index (χ1v) is 11.2. The first-order chi connectivity index (χ1) is 14.0. The van der Waals surface area contributed by atoms with Crippen LogP contribution < -0.4 is 9.64 Å². The second kappa shape index (κ2) is 9.79. The smallest absolute Gasteiger partial charge is 0.210 e. The Kier molecular flexibility index (Phi) is 7.38. The van der Waals surface area contributed by atoms with E-state index in [1.54, 1.807) is 7.11 Å². The Labute approximate surface area is 186 Å². The third kappa shape index (κ3) is 4.85. The summed E-state index contributed by atoms with van der Waals surface area (Å²) in [6, 6.07) is 11.8. The van der Waals surface area contributed by atoms with Crippen molar-refractivity contribution in [3.8, 4) is 16.3 Å². The maximum atomic E-state index is 6.86. The average molecular weight is 450 g/mol. The number of halogens is 2. The van der Waals surface area contributed by atoms with Crippen molar-refractivity contribution in [2.75, 3.05) is 18.6 Å². The van der Waals surface area contributed by atoms with Gasteiger partial charge in [0.25, 0.3) is 0 Å². The molecular weight excluding hydrogens is 425 g/mol. The van der Waals surface area contributed by atoms with Crippen LogP contribution in [-0.2, 0) is 0 Å². The lowest BCUT2D eigenvalue weighted by molar-refractivity contribution is 0.408. The maximum absolute atomic E-state index is 6.86. The van der Waals surface area contributed by atoms with Gasteiger partial charge in [-0.25, -0.2) is 0 Å². The number of hydrogen-bond donors (Lipinski definition) is 0. The highest BCUT2D eigenvalue weighted by Gasteiger charge is 2.24. The molecule has 1 atom stereocenters. The Balaban J connectivity index is 1.95. The summed E-state index contributed by atoms with van der Waals surface area (Å²) in [4.78, 5) is 2.08. The van der Waals surface area contributed by atoms with Crippen molar-refractivity contribution in [2.45, 2.75) is 39.1 Å². The van der Waals surface area contributed by atoms with Gasteiger partial charge in [0, 0.05) is 22.7 Å². The summed E-state index contributed by atoms with van der Waals surface area (Å²) in [5, 5.41) is 11.2. The van der Waals surface area contributed by atoms with Gasteiger partial charge in [-0.15, -0.1) is 10.2 Å². The van der Waals surface area contributed by atoms with Crippen LogP contribution in [0, 0.1) is 13.8 Å². The predicted molar refractivity (Wildman–Crippen MR) is 124 cm³/mol. The topological polar surface area (TPSA) is 38.2 Å². The number of nitrogens with zero attached hydrogens (tertiary/aromatic N) is 3. The van der Waals surface area contributed by atoms with Crippen LogP contribution in [0.4, 0.5) is 5.13 Å². The second-order valence-corrected chi connectivity index (χ2v) is 8.71. The number of rotatable bonds is 8. The third-order valence-electron chi connectivity index (χ3n) is 4.76. The summed E-state index contributed by atoms with van der Waals surface area (Å²) < 4.78 is 5.48. The van der Waals surface area contributed by atoms with E-state index in [4.69, 9.17) is 27.9 Å². The molecule has 29 heavy (non-hydrogen) atoms. The molecule has 0 aliphatic rings. The number of aryl methyl sites for hydroxylation is 2. The number of unbranched alkanes of at least 4 members (excludes halogenated alkanes) is 1. The van der Waals surface area contributed by atoms with Gasteiger partial charge in [-0.1, -0.05) is 66.1 Å². The number of alkyl halides is 1. The van der Waals surface area contributed by atoms with Gasteiger partial charge in [-0.2, -0.15) is 0 Å². The fourth-order valence-electron chi connectivity index (χ4n) is 3.31. The monoisotopic (exact) mass is 449 g/mol. The molecule has 0 aliphatic carbocycles. The number of anilines is 1. The molecule has 0 N–H and O–H groups in total. The predicted octanol–water partition coefficient (Wildman–Crippen LogP) is 7.03. The minimum atomic E-state index is -0.407. The maximum Gasteiger partial charge on any atom is 0.210 e. The highest BCUT2D eigenvalue weighted by Crippen LogP contribution is 2.39. The molecule has 4 nitrogen and oxygen atoms in total. The quantitative estimate of drug-likeness (QED) is 0.273. The van der Waals surface area contributed by atoms with Crippen molar-refractivity contribution in [3.63, 3.8) is 0 Å². The fraction of sp³-hybridized carbons (Fsp3) is 0.364. The van der Waals surface area contributed by atoms with Gasteiger partial charge in [-0.05, 0) is 49.6 Å². The minimum absolute atomic E-state index is 0.407. The lowest BCUT2D eigenvalue weighted by Gasteiger charge is -2.27. The summed E-state index contributed by atoms with van der Waals surface area (Å²) in [5.41, 5.74) is 3.65. The van der Waals surface area contributed by atoms with E-state index in [1.807, 2.05) is 38.1 Å². The number of aromatic nitrogens is 2. The van der Waals surface area contributed by atoms with Crippen LogP contribution in [0.25, 0.3) is 10.6 Å². The van der Waals surface area contributed by atoms with Crippen LogP contribution in [0.3, 0.4) is 0 Å². The molecule has 3 rings (SSSR count). The highest BCUT2D eigenvalue weighted by atomic mass is 35.5. The molecule has 7 heteroatoms. The van der Waals surface area contributed by atoms with E-state index in [9.17, 15) is 0 Å². The molecule has 2 aromatic carbocycles. The van der Waals surface area contributed by atoms with Crippen LogP contribution in [0.5, 0.6) is 5.75 Å². The zero-order chi connectivity index (χ0) is 21.0. The summed E-state index contributed by atoms with van der Waals surface area (Å²) in [6.07, 6.45) is 2.06. The summed E-state index contributed by atoms with van der Waals surface area (Å²) >= 11 is 14.8. The van der Waals surface area contributed by atoms with Crippen LogP contribution >= 0.6 is 34.5 Å². The highest BCUT2D eigenvalue weighted by molar-refractivity contribution is 7.18. The molecule has 0 saturated carbocycles. The third-order valence-corrected chi connectivity index (χ3v) is 6.58. The Hall–Kier alpha value is -1.82. The van der Waals surface area contributed by atoms with Crippen LogP contribution in [0.15, 0.2) is 36.4 Å².